The Hall–Kier alpha value is -3.19. The molecule has 5 aromatic carbocycles. The summed E-state index contributed by atoms with van der Waals surface area (Å²) in [6.07, 6.45) is -0.857. The van der Waals surface area contributed by atoms with E-state index in [-0.39, 0.29) is 43.5 Å². The van der Waals surface area contributed by atoms with Crippen LogP contribution in [0.4, 0.5) is 0 Å². The van der Waals surface area contributed by atoms with Gasteiger partial charge in [0, 0.05) is 0 Å². The van der Waals surface area contributed by atoms with Crippen molar-refractivity contribution in [2.24, 2.45) is 0 Å². The number of ether oxygens (including phenoxy) is 4. The minimum absolute atomic E-state index is 0.0548. The fraction of sp³-hybridized carbons (Fsp3) is 0.231. The average Bonchev–Trinajstić information content (AvgIpc) is 3.10. The summed E-state index contributed by atoms with van der Waals surface area (Å²) in [5.41, 5.74) is 3.25. The second-order valence-corrected chi connectivity index (χ2v) is 14.7. The van der Waals surface area contributed by atoms with Gasteiger partial charge in [0.2, 0.25) is 0 Å². The quantitative estimate of drug-likeness (QED) is 0.112. The average molecular weight is 682 g/mol. The van der Waals surface area contributed by atoms with Crippen molar-refractivity contribution in [3.63, 3.8) is 0 Å². The van der Waals surface area contributed by atoms with E-state index in [1.165, 1.54) is 9.36 Å². The summed E-state index contributed by atoms with van der Waals surface area (Å²) < 4.78 is 28.5. The fourth-order valence-electron chi connectivity index (χ4n) is 5.31. The van der Waals surface area contributed by atoms with Crippen LogP contribution in [0.2, 0.25) is 4.82 Å². The molecule has 1 heterocycles. The Morgan fingerprint density at radius 1 is 0.533 bits per heavy atom. The molecule has 1 saturated heterocycles. The van der Waals surface area contributed by atoms with E-state index in [0.717, 1.165) is 16.7 Å². The zero-order chi connectivity index (χ0) is 30.5. The molecule has 0 spiro atoms. The third-order valence-corrected chi connectivity index (χ3v) is 11.9. The first-order chi connectivity index (χ1) is 22.3. The Bertz CT molecular complexity index is 1530. The maximum absolute atomic E-state index is 7.05. The SMILES string of the molecule is c1ccc(COC[C@H]2O[C@@H](Sc3ccccc3)[C@H]([Se]c3ccccc3)[C@H](OCc3ccccc3)[C@@H]2OCc2ccccc2)cc1. The summed E-state index contributed by atoms with van der Waals surface area (Å²) >= 11 is 1.82. The summed E-state index contributed by atoms with van der Waals surface area (Å²) in [7, 11) is 0. The van der Waals surface area contributed by atoms with Crippen LogP contribution < -0.4 is 4.46 Å². The molecule has 1 aliphatic rings. The van der Waals surface area contributed by atoms with Gasteiger partial charge in [0.25, 0.3) is 0 Å². The molecule has 230 valence electrons. The first-order valence-corrected chi connectivity index (χ1v) is 18.1. The molecular formula is C39H38O4SSe. The van der Waals surface area contributed by atoms with Gasteiger partial charge in [-0.1, -0.05) is 0 Å². The summed E-state index contributed by atoms with van der Waals surface area (Å²) in [4.78, 5) is 1.26. The van der Waals surface area contributed by atoms with Gasteiger partial charge >= 0.3 is 278 Å². The van der Waals surface area contributed by atoms with Gasteiger partial charge in [-0.3, -0.25) is 0 Å². The second-order valence-electron chi connectivity index (χ2n) is 10.9. The van der Waals surface area contributed by atoms with Gasteiger partial charge in [0.15, 0.2) is 0 Å². The molecular weight excluding hydrogens is 643 g/mol. The van der Waals surface area contributed by atoms with Gasteiger partial charge in [0.05, 0.1) is 0 Å². The molecule has 1 aliphatic heterocycles. The van der Waals surface area contributed by atoms with E-state index in [1.807, 2.05) is 42.5 Å². The molecule has 0 N–H and O–H groups in total. The van der Waals surface area contributed by atoms with Crippen molar-refractivity contribution in [1.29, 1.82) is 0 Å². The van der Waals surface area contributed by atoms with E-state index in [2.05, 4.69) is 109 Å². The number of thioether (sulfide) groups is 1. The van der Waals surface area contributed by atoms with Crippen molar-refractivity contribution in [3.8, 4) is 0 Å². The van der Waals surface area contributed by atoms with E-state index in [1.54, 1.807) is 11.8 Å². The third-order valence-electron chi connectivity index (χ3n) is 7.57. The molecule has 0 amide bonds. The summed E-state index contributed by atoms with van der Waals surface area (Å²) in [5, 5.41) is 0. The van der Waals surface area contributed by atoms with Gasteiger partial charge in [-0.25, -0.2) is 0 Å². The van der Waals surface area contributed by atoms with Crippen LogP contribution in [-0.2, 0) is 38.8 Å². The predicted molar refractivity (Wildman–Crippen MR) is 183 cm³/mol. The monoisotopic (exact) mass is 682 g/mol. The van der Waals surface area contributed by atoms with E-state index < -0.39 is 0 Å². The van der Waals surface area contributed by atoms with Crippen molar-refractivity contribution < 1.29 is 18.9 Å². The van der Waals surface area contributed by atoms with Crippen molar-refractivity contribution in [2.45, 2.75) is 53.3 Å². The normalized spacial score (nSPS) is 21.4. The summed E-state index contributed by atoms with van der Waals surface area (Å²) in [5.74, 6) is 0. The van der Waals surface area contributed by atoms with E-state index in [9.17, 15) is 0 Å². The molecule has 5 atom stereocenters. The van der Waals surface area contributed by atoms with Crippen LogP contribution in [-0.4, -0.2) is 45.3 Å². The van der Waals surface area contributed by atoms with Crippen LogP contribution in [0.25, 0.3) is 0 Å². The first kappa shape index (κ1) is 31.8. The number of hydrogen-bond donors (Lipinski definition) is 0. The van der Waals surface area contributed by atoms with Crippen molar-refractivity contribution >= 4 is 31.2 Å². The molecule has 0 aliphatic carbocycles. The molecule has 6 rings (SSSR count). The molecule has 0 unspecified atom stereocenters. The molecule has 0 bridgehead atoms. The fourth-order valence-corrected chi connectivity index (χ4v) is 9.48. The van der Waals surface area contributed by atoms with Gasteiger partial charge in [0.1, 0.15) is 0 Å². The van der Waals surface area contributed by atoms with Crippen LogP contribution in [0.15, 0.2) is 157 Å². The van der Waals surface area contributed by atoms with Crippen LogP contribution in [0.5, 0.6) is 0 Å². The van der Waals surface area contributed by atoms with Crippen LogP contribution >= 0.6 is 11.8 Å². The van der Waals surface area contributed by atoms with Gasteiger partial charge < -0.3 is 0 Å². The van der Waals surface area contributed by atoms with E-state index in [0.29, 0.717) is 26.4 Å². The first-order valence-electron chi connectivity index (χ1n) is 15.3. The number of hydrogen-bond acceptors (Lipinski definition) is 5. The van der Waals surface area contributed by atoms with Crippen molar-refractivity contribution in [2.75, 3.05) is 6.61 Å². The zero-order valence-corrected chi connectivity index (χ0v) is 27.6. The van der Waals surface area contributed by atoms with Crippen molar-refractivity contribution in [3.05, 3.63) is 168 Å². The second kappa shape index (κ2) is 16.9. The number of benzene rings is 5. The van der Waals surface area contributed by atoms with E-state index >= 15 is 0 Å². The maximum atomic E-state index is 7.05. The molecule has 0 saturated carbocycles. The molecule has 6 heteroatoms. The van der Waals surface area contributed by atoms with Gasteiger partial charge in [-0.15, -0.1) is 0 Å². The minimum atomic E-state index is -0.326. The Labute approximate surface area is 277 Å². The Morgan fingerprint density at radius 2 is 1.00 bits per heavy atom. The van der Waals surface area contributed by atoms with Gasteiger partial charge in [-0.2, -0.15) is 0 Å². The standard InChI is InChI=1S/C39H38O4SSe/c1-6-16-30(17-7-1)26-40-29-35-36(41-27-31-18-8-2-9-19-31)37(42-28-32-20-10-3-11-21-32)38(45-34-24-14-5-15-25-34)39(43-35)44-33-22-12-4-13-23-33/h1-25,35-39H,26-29H2/t35-,36-,37-,38-,39+/m1/s1. The molecule has 45 heavy (non-hydrogen) atoms. The molecule has 0 radical (unpaired) electrons. The summed E-state index contributed by atoms with van der Waals surface area (Å²) in [6.45, 7) is 1.88. The Morgan fingerprint density at radius 3 is 1.56 bits per heavy atom. The molecule has 5 aromatic rings. The summed E-state index contributed by atoms with van der Waals surface area (Å²) in [6, 6.07) is 52.3. The zero-order valence-electron chi connectivity index (χ0n) is 25.1. The Balaban J connectivity index is 1.33. The molecule has 1 fully saturated rings. The predicted octanol–water partition coefficient (Wildman–Crippen LogP) is 7.71. The van der Waals surface area contributed by atoms with E-state index in [4.69, 9.17) is 18.9 Å². The van der Waals surface area contributed by atoms with Gasteiger partial charge in [-0.05, 0) is 0 Å². The van der Waals surface area contributed by atoms with Crippen LogP contribution in [0.1, 0.15) is 16.7 Å². The Kier molecular flexibility index (Phi) is 12.0. The van der Waals surface area contributed by atoms with Crippen LogP contribution in [0, 0.1) is 0 Å². The van der Waals surface area contributed by atoms with Crippen LogP contribution in [0.3, 0.4) is 0 Å². The molecule has 0 aromatic heterocycles. The topological polar surface area (TPSA) is 36.9 Å². The number of rotatable bonds is 14. The third kappa shape index (κ3) is 9.41. The van der Waals surface area contributed by atoms with Crippen molar-refractivity contribution in [1.82, 2.24) is 0 Å². The molecule has 4 nitrogen and oxygen atoms in total.